The van der Waals surface area contributed by atoms with E-state index in [2.05, 4.69) is 10.7 Å². The molecule has 0 amide bonds. The van der Waals surface area contributed by atoms with E-state index in [1.165, 1.54) is 24.3 Å². The molecule has 1 rings (SSSR count). The van der Waals surface area contributed by atoms with Crippen LogP contribution in [0.3, 0.4) is 0 Å². The standard InChI is InChI=1S/C8H6N2O2/c9-5-6-1-3-7(4-2-6)8(11)12-10/h1-4H,10H2. The number of benzene rings is 1. The van der Waals surface area contributed by atoms with Crippen LogP contribution in [0.2, 0.25) is 0 Å². The van der Waals surface area contributed by atoms with Crippen LogP contribution >= 0.6 is 0 Å². The average Bonchev–Trinajstić information content (AvgIpc) is 2.17. The molecule has 4 nitrogen and oxygen atoms in total. The van der Waals surface area contributed by atoms with Crippen LogP contribution in [-0.2, 0) is 4.84 Å². The molecule has 2 N–H and O–H groups in total. The van der Waals surface area contributed by atoms with Crippen LogP contribution in [0.25, 0.3) is 0 Å². The second kappa shape index (κ2) is 3.51. The van der Waals surface area contributed by atoms with Gasteiger partial charge in [-0.3, -0.25) is 0 Å². The van der Waals surface area contributed by atoms with Gasteiger partial charge in [0, 0.05) is 0 Å². The summed E-state index contributed by atoms with van der Waals surface area (Å²) in [5.41, 5.74) is 0.820. The number of nitrogens with two attached hydrogens (primary N) is 1. The zero-order valence-electron chi connectivity index (χ0n) is 6.15. The highest BCUT2D eigenvalue weighted by Gasteiger charge is 2.03. The van der Waals surface area contributed by atoms with Gasteiger partial charge in [0.25, 0.3) is 0 Å². The fourth-order valence-corrected chi connectivity index (χ4v) is 0.749. The van der Waals surface area contributed by atoms with Gasteiger partial charge in [-0.15, -0.1) is 0 Å². The first-order valence-corrected chi connectivity index (χ1v) is 3.19. The van der Waals surface area contributed by atoms with Crippen LogP contribution in [0.1, 0.15) is 15.9 Å². The predicted octanol–water partition coefficient (Wildman–Crippen LogP) is 0.589. The first-order chi connectivity index (χ1) is 5.77. The molecule has 0 aromatic heterocycles. The maximum Gasteiger partial charge on any atom is 0.356 e. The molecular formula is C8H6N2O2. The molecule has 12 heavy (non-hydrogen) atoms. The van der Waals surface area contributed by atoms with Gasteiger partial charge >= 0.3 is 5.97 Å². The summed E-state index contributed by atoms with van der Waals surface area (Å²) in [5, 5.41) is 8.43. The van der Waals surface area contributed by atoms with Gasteiger partial charge in [0.2, 0.25) is 0 Å². The largest absolute Gasteiger partial charge is 0.370 e. The molecule has 60 valence electrons. The Balaban J connectivity index is 2.94. The van der Waals surface area contributed by atoms with E-state index < -0.39 is 5.97 Å². The summed E-state index contributed by atoms with van der Waals surface area (Å²) in [6, 6.07) is 7.93. The van der Waals surface area contributed by atoms with Crippen molar-refractivity contribution < 1.29 is 9.63 Å². The molecule has 0 aliphatic heterocycles. The van der Waals surface area contributed by atoms with Gasteiger partial charge in [-0.2, -0.15) is 11.2 Å². The molecule has 0 fully saturated rings. The van der Waals surface area contributed by atoms with E-state index in [1.54, 1.807) is 0 Å². The predicted molar refractivity (Wildman–Crippen MR) is 40.8 cm³/mol. The van der Waals surface area contributed by atoms with Crippen molar-refractivity contribution >= 4 is 5.97 Å². The molecule has 0 radical (unpaired) electrons. The van der Waals surface area contributed by atoms with Crippen molar-refractivity contribution in [1.29, 1.82) is 5.26 Å². The molecule has 1 aromatic carbocycles. The summed E-state index contributed by atoms with van der Waals surface area (Å²) in [5.74, 6) is 4.05. The van der Waals surface area contributed by atoms with E-state index in [-0.39, 0.29) is 0 Å². The van der Waals surface area contributed by atoms with Crippen LogP contribution < -0.4 is 5.90 Å². The third-order valence-electron chi connectivity index (χ3n) is 1.36. The van der Waals surface area contributed by atoms with Crippen molar-refractivity contribution in [3.8, 4) is 6.07 Å². The second-order valence-electron chi connectivity index (χ2n) is 2.09. The van der Waals surface area contributed by atoms with Gasteiger partial charge in [0.15, 0.2) is 0 Å². The number of carbonyl (C=O) groups is 1. The van der Waals surface area contributed by atoms with Gasteiger partial charge < -0.3 is 4.84 Å². The SMILES string of the molecule is N#Cc1ccc(C(=O)ON)cc1. The smallest absolute Gasteiger partial charge is 0.356 e. The van der Waals surface area contributed by atoms with Gasteiger partial charge in [0.1, 0.15) is 0 Å². The van der Waals surface area contributed by atoms with Gasteiger partial charge in [-0.25, -0.2) is 4.79 Å². The monoisotopic (exact) mass is 162 g/mol. The minimum absolute atomic E-state index is 0.330. The van der Waals surface area contributed by atoms with Crippen LogP contribution in [0.5, 0.6) is 0 Å². The molecule has 0 aliphatic carbocycles. The van der Waals surface area contributed by atoms with Crippen LogP contribution in [0.4, 0.5) is 0 Å². The van der Waals surface area contributed by atoms with E-state index in [4.69, 9.17) is 5.26 Å². The molecule has 0 unspecified atom stereocenters. The summed E-state index contributed by atoms with van der Waals surface area (Å²) < 4.78 is 0. The van der Waals surface area contributed by atoms with E-state index in [1.807, 2.05) is 6.07 Å². The van der Waals surface area contributed by atoms with E-state index in [0.29, 0.717) is 11.1 Å². The lowest BCUT2D eigenvalue weighted by molar-refractivity contribution is 0.0503. The quantitative estimate of drug-likeness (QED) is 0.613. The molecule has 4 heteroatoms. The molecule has 0 atom stereocenters. The number of carbonyl (C=O) groups excluding carboxylic acids is 1. The second-order valence-corrected chi connectivity index (χ2v) is 2.09. The fraction of sp³-hybridized carbons (Fsp3) is 0. The summed E-state index contributed by atoms with van der Waals surface area (Å²) in [6.07, 6.45) is 0. The Kier molecular flexibility index (Phi) is 2.41. The van der Waals surface area contributed by atoms with Gasteiger partial charge in [-0.1, -0.05) is 0 Å². The van der Waals surface area contributed by atoms with Crippen LogP contribution in [0, 0.1) is 11.3 Å². The Labute approximate surface area is 69.1 Å². The van der Waals surface area contributed by atoms with Crippen molar-refractivity contribution in [2.24, 2.45) is 5.90 Å². The first-order valence-electron chi connectivity index (χ1n) is 3.19. The average molecular weight is 162 g/mol. The lowest BCUT2D eigenvalue weighted by Gasteiger charge is -1.96. The van der Waals surface area contributed by atoms with Crippen LogP contribution in [-0.4, -0.2) is 5.97 Å². The lowest BCUT2D eigenvalue weighted by atomic mass is 10.1. The van der Waals surface area contributed by atoms with Crippen molar-refractivity contribution in [2.45, 2.75) is 0 Å². The maximum absolute atomic E-state index is 10.8. The maximum atomic E-state index is 10.8. The highest BCUT2D eigenvalue weighted by molar-refractivity contribution is 5.89. The highest BCUT2D eigenvalue weighted by atomic mass is 16.7. The topological polar surface area (TPSA) is 76.1 Å². The number of hydrogen-bond donors (Lipinski definition) is 1. The third-order valence-corrected chi connectivity index (χ3v) is 1.36. The molecule has 0 saturated carbocycles. The minimum atomic E-state index is -0.612. The van der Waals surface area contributed by atoms with Crippen LogP contribution in [0.15, 0.2) is 24.3 Å². The van der Waals surface area contributed by atoms with E-state index in [9.17, 15) is 4.79 Å². The normalized spacial score (nSPS) is 8.67. The van der Waals surface area contributed by atoms with E-state index in [0.717, 1.165) is 0 Å². The number of nitriles is 1. The summed E-state index contributed by atoms with van der Waals surface area (Å²) in [6.45, 7) is 0. The molecule has 0 spiro atoms. The Morgan fingerprint density at radius 3 is 2.42 bits per heavy atom. The Hall–Kier alpha value is -1.86. The Morgan fingerprint density at radius 2 is 2.00 bits per heavy atom. The molecule has 0 heterocycles. The van der Waals surface area contributed by atoms with Gasteiger partial charge in [-0.05, 0) is 24.3 Å². The minimum Gasteiger partial charge on any atom is -0.370 e. The number of hydrogen-bond acceptors (Lipinski definition) is 4. The van der Waals surface area contributed by atoms with Crippen molar-refractivity contribution in [1.82, 2.24) is 0 Å². The zero-order valence-corrected chi connectivity index (χ0v) is 6.15. The highest BCUT2D eigenvalue weighted by Crippen LogP contribution is 2.03. The summed E-state index contributed by atoms with van der Waals surface area (Å²) in [7, 11) is 0. The van der Waals surface area contributed by atoms with Crippen molar-refractivity contribution in [2.75, 3.05) is 0 Å². The van der Waals surface area contributed by atoms with Gasteiger partial charge in [0.05, 0.1) is 17.2 Å². The first kappa shape index (κ1) is 8.24. The Bertz CT molecular complexity index is 324. The molecule has 0 saturated heterocycles. The fourth-order valence-electron chi connectivity index (χ4n) is 0.749. The summed E-state index contributed by atoms with van der Waals surface area (Å²) >= 11 is 0. The molecule has 0 aliphatic rings. The molecular weight excluding hydrogens is 156 g/mol. The number of rotatable bonds is 1. The summed E-state index contributed by atoms with van der Waals surface area (Å²) in [4.78, 5) is 14.8. The zero-order chi connectivity index (χ0) is 8.97. The Morgan fingerprint density at radius 1 is 1.42 bits per heavy atom. The third kappa shape index (κ3) is 1.59. The molecule has 0 bridgehead atoms. The van der Waals surface area contributed by atoms with Crippen molar-refractivity contribution in [3.63, 3.8) is 0 Å². The molecule has 1 aromatic rings. The lowest BCUT2D eigenvalue weighted by Crippen LogP contribution is -2.09. The van der Waals surface area contributed by atoms with E-state index >= 15 is 0 Å². The van der Waals surface area contributed by atoms with Crippen molar-refractivity contribution in [3.05, 3.63) is 35.4 Å². The number of nitrogens with zero attached hydrogens (tertiary/aromatic N) is 1.